The number of aromatic amines is 1. The van der Waals surface area contributed by atoms with Gasteiger partial charge in [0, 0.05) is 31.9 Å². The highest BCUT2D eigenvalue weighted by atomic mass is 16.7. The number of urea groups is 1. The van der Waals surface area contributed by atoms with Crippen LogP contribution in [0.2, 0.25) is 0 Å². The van der Waals surface area contributed by atoms with Gasteiger partial charge < -0.3 is 14.8 Å². The lowest BCUT2D eigenvalue weighted by Crippen LogP contribution is -2.67. The summed E-state index contributed by atoms with van der Waals surface area (Å²) < 4.78 is 5.39. The molecule has 12 heteroatoms. The molecule has 12 nitrogen and oxygen atoms in total. The SMILES string of the molecule is Cc1cccnc1CN1CCC2(C(=O)N(c3ccc(-c4ccccc4)cc3)C(=O)N2c2cc(=O)[nH]cn2)C(OC(=O)O)C1. The molecular formula is C31H28N6O6. The highest BCUT2D eigenvalue weighted by molar-refractivity contribution is 6.30. The first-order valence-corrected chi connectivity index (χ1v) is 13.7. The number of piperidine rings is 1. The van der Waals surface area contributed by atoms with Crippen molar-refractivity contribution in [1.29, 1.82) is 0 Å². The van der Waals surface area contributed by atoms with Gasteiger partial charge in [0.1, 0.15) is 5.82 Å². The van der Waals surface area contributed by atoms with Crippen molar-refractivity contribution in [3.8, 4) is 11.1 Å². The zero-order chi connectivity index (χ0) is 30.1. The summed E-state index contributed by atoms with van der Waals surface area (Å²) in [6.07, 6.45) is -0.0562. The first-order chi connectivity index (χ1) is 20.8. The number of nitrogens with zero attached hydrogens (tertiary/aromatic N) is 5. The van der Waals surface area contributed by atoms with Crippen LogP contribution in [0.3, 0.4) is 0 Å². The molecule has 4 heterocycles. The minimum atomic E-state index is -1.79. The molecule has 2 aliphatic heterocycles. The van der Waals surface area contributed by atoms with Gasteiger partial charge in [-0.15, -0.1) is 0 Å². The van der Waals surface area contributed by atoms with Gasteiger partial charge >= 0.3 is 12.2 Å². The molecule has 0 aliphatic carbocycles. The number of aromatic nitrogens is 3. The molecule has 218 valence electrons. The van der Waals surface area contributed by atoms with E-state index in [1.54, 1.807) is 30.5 Å². The normalized spacial score (nSPS) is 20.5. The third kappa shape index (κ3) is 5.01. The Labute approximate surface area is 246 Å². The smallest absolute Gasteiger partial charge is 0.450 e. The second kappa shape index (κ2) is 11.1. The Kier molecular flexibility index (Phi) is 7.20. The van der Waals surface area contributed by atoms with E-state index >= 15 is 0 Å². The number of hydrogen-bond acceptors (Lipinski definition) is 8. The van der Waals surface area contributed by atoms with Gasteiger partial charge in [0.25, 0.3) is 11.5 Å². The van der Waals surface area contributed by atoms with E-state index in [1.165, 1.54) is 0 Å². The van der Waals surface area contributed by atoms with Crippen LogP contribution in [0.15, 0.2) is 90.1 Å². The molecule has 43 heavy (non-hydrogen) atoms. The van der Waals surface area contributed by atoms with Crippen molar-refractivity contribution in [3.05, 3.63) is 107 Å². The van der Waals surface area contributed by atoms with Crippen molar-refractivity contribution in [1.82, 2.24) is 19.9 Å². The standard InChI is InChI=1S/C31H28N6O6/c1-20-6-5-14-32-24(20)17-35-15-13-31(25(18-35)43-30(41)42)28(39)36(29(40)37(31)26-16-27(38)34-19-33-26)23-11-9-22(10-12-23)21-7-3-2-4-8-21/h2-12,14,16,19,25H,13,15,17-18H2,1H3,(H,41,42)(H,33,34,38). The molecule has 2 unspecified atom stereocenters. The van der Waals surface area contributed by atoms with Gasteiger partial charge in [0.15, 0.2) is 11.6 Å². The third-order valence-electron chi connectivity index (χ3n) is 7.98. The van der Waals surface area contributed by atoms with Gasteiger partial charge in [-0.05, 0) is 48.2 Å². The van der Waals surface area contributed by atoms with Crippen molar-refractivity contribution in [2.75, 3.05) is 22.9 Å². The Morgan fingerprint density at radius 3 is 2.47 bits per heavy atom. The predicted molar refractivity (Wildman–Crippen MR) is 157 cm³/mol. The Morgan fingerprint density at radius 2 is 1.77 bits per heavy atom. The van der Waals surface area contributed by atoms with Crippen LogP contribution < -0.4 is 15.4 Å². The minimum absolute atomic E-state index is 0.00180. The third-order valence-corrected chi connectivity index (χ3v) is 7.98. The number of benzene rings is 2. The number of imide groups is 1. The molecule has 4 aromatic rings. The number of carboxylic acid groups (broad SMARTS) is 1. The highest BCUT2D eigenvalue weighted by Crippen LogP contribution is 2.43. The fraction of sp³-hybridized carbons (Fsp3) is 0.226. The maximum atomic E-state index is 14.5. The van der Waals surface area contributed by atoms with Crippen molar-refractivity contribution in [2.45, 2.75) is 31.5 Å². The summed E-state index contributed by atoms with van der Waals surface area (Å²) in [5, 5.41) is 9.75. The van der Waals surface area contributed by atoms with Crippen LogP contribution in [0.5, 0.6) is 0 Å². The number of likely N-dealkylation sites (tertiary alicyclic amines) is 1. The number of carbonyl (C=O) groups is 3. The Morgan fingerprint density at radius 1 is 1.02 bits per heavy atom. The van der Waals surface area contributed by atoms with Crippen LogP contribution in [0.1, 0.15) is 17.7 Å². The number of aryl methyl sites for hydroxylation is 1. The molecule has 2 saturated heterocycles. The number of carbonyl (C=O) groups excluding carboxylic acids is 2. The lowest BCUT2D eigenvalue weighted by atomic mass is 9.82. The highest BCUT2D eigenvalue weighted by Gasteiger charge is 2.65. The molecule has 3 amide bonds. The Balaban J connectivity index is 1.41. The lowest BCUT2D eigenvalue weighted by Gasteiger charge is -2.45. The number of H-pyrrole nitrogens is 1. The van der Waals surface area contributed by atoms with Gasteiger partial charge in [-0.3, -0.25) is 24.4 Å². The lowest BCUT2D eigenvalue weighted by molar-refractivity contribution is -0.129. The second-order valence-corrected chi connectivity index (χ2v) is 10.5. The molecule has 0 bridgehead atoms. The molecule has 2 N–H and O–H groups in total. The Bertz CT molecular complexity index is 1740. The molecule has 1 spiro atoms. The van der Waals surface area contributed by atoms with E-state index in [4.69, 9.17) is 4.74 Å². The van der Waals surface area contributed by atoms with Gasteiger partial charge in [-0.2, -0.15) is 0 Å². The maximum Gasteiger partial charge on any atom is 0.506 e. The van der Waals surface area contributed by atoms with Crippen LogP contribution in [0.25, 0.3) is 11.1 Å². The van der Waals surface area contributed by atoms with E-state index in [2.05, 4.69) is 15.0 Å². The zero-order valence-corrected chi connectivity index (χ0v) is 23.2. The van der Waals surface area contributed by atoms with Gasteiger partial charge in [0.05, 0.1) is 17.7 Å². The van der Waals surface area contributed by atoms with Crippen LogP contribution in [-0.2, 0) is 16.1 Å². The van der Waals surface area contributed by atoms with Crippen LogP contribution in [0.4, 0.5) is 21.1 Å². The fourth-order valence-corrected chi connectivity index (χ4v) is 5.85. The summed E-state index contributed by atoms with van der Waals surface area (Å²) in [4.78, 5) is 68.0. The first kappa shape index (κ1) is 27.8. The minimum Gasteiger partial charge on any atom is -0.450 e. The van der Waals surface area contributed by atoms with E-state index in [0.717, 1.165) is 44.6 Å². The summed E-state index contributed by atoms with van der Waals surface area (Å²) in [5.41, 5.74) is 1.58. The van der Waals surface area contributed by atoms with E-state index in [0.29, 0.717) is 18.8 Å². The summed E-state index contributed by atoms with van der Waals surface area (Å²) in [5.74, 6) is -0.745. The number of ether oxygens (including phenoxy) is 1. The Hall–Kier alpha value is -5.36. The number of anilines is 2. The average molecular weight is 581 g/mol. The quantitative estimate of drug-likeness (QED) is 0.256. The molecule has 2 fully saturated rings. The van der Waals surface area contributed by atoms with Crippen LogP contribution >= 0.6 is 0 Å². The molecule has 6 rings (SSSR count). The molecule has 0 saturated carbocycles. The van der Waals surface area contributed by atoms with E-state index in [1.807, 2.05) is 54.3 Å². The predicted octanol–water partition coefficient (Wildman–Crippen LogP) is 3.82. The summed E-state index contributed by atoms with van der Waals surface area (Å²) in [6, 6.07) is 20.7. The fourth-order valence-electron chi connectivity index (χ4n) is 5.85. The zero-order valence-electron chi connectivity index (χ0n) is 23.2. The number of rotatable bonds is 6. The number of nitrogens with one attached hydrogen (secondary N) is 1. The monoisotopic (exact) mass is 580 g/mol. The second-order valence-electron chi connectivity index (χ2n) is 10.5. The van der Waals surface area contributed by atoms with Crippen molar-refractivity contribution in [2.24, 2.45) is 0 Å². The van der Waals surface area contributed by atoms with Crippen LogP contribution in [-0.4, -0.2) is 67.8 Å². The van der Waals surface area contributed by atoms with E-state index < -0.39 is 35.3 Å². The topological polar surface area (TPSA) is 149 Å². The number of amides is 3. The van der Waals surface area contributed by atoms with Gasteiger partial charge in [0.2, 0.25) is 0 Å². The summed E-state index contributed by atoms with van der Waals surface area (Å²) >= 11 is 0. The van der Waals surface area contributed by atoms with E-state index in [-0.39, 0.29) is 18.8 Å². The molecule has 2 atom stereocenters. The van der Waals surface area contributed by atoms with Crippen molar-refractivity contribution < 1.29 is 24.2 Å². The molecule has 2 aliphatic rings. The first-order valence-electron chi connectivity index (χ1n) is 13.7. The number of hydrogen-bond donors (Lipinski definition) is 2. The van der Waals surface area contributed by atoms with Crippen molar-refractivity contribution in [3.63, 3.8) is 0 Å². The number of pyridine rings is 1. The molecule has 2 aromatic heterocycles. The van der Waals surface area contributed by atoms with Crippen molar-refractivity contribution >= 4 is 29.6 Å². The van der Waals surface area contributed by atoms with Crippen LogP contribution in [0, 0.1) is 6.92 Å². The summed E-state index contributed by atoms with van der Waals surface area (Å²) in [6.45, 7) is 2.63. The largest absolute Gasteiger partial charge is 0.506 e. The molecule has 2 aromatic carbocycles. The molecular weight excluding hydrogens is 552 g/mol. The molecule has 0 radical (unpaired) electrons. The maximum absolute atomic E-state index is 14.5. The van der Waals surface area contributed by atoms with Gasteiger partial charge in [-0.1, -0.05) is 48.5 Å². The van der Waals surface area contributed by atoms with E-state index in [9.17, 15) is 24.3 Å². The van der Waals surface area contributed by atoms with Gasteiger partial charge in [-0.25, -0.2) is 19.5 Å². The summed E-state index contributed by atoms with van der Waals surface area (Å²) in [7, 11) is 0. The average Bonchev–Trinajstić information content (AvgIpc) is 3.22.